The van der Waals surface area contributed by atoms with Gasteiger partial charge in [0.15, 0.2) is 5.78 Å². The number of ketones is 1. The van der Waals surface area contributed by atoms with Gasteiger partial charge >= 0.3 is 0 Å². The second kappa shape index (κ2) is 6.53. The summed E-state index contributed by atoms with van der Waals surface area (Å²) < 4.78 is 5.53. The topological polar surface area (TPSA) is 33.5 Å². The molecule has 0 unspecified atom stereocenters. The van der Waals surface area contributed by atoms with Gasteiger partial charge in [-0.2, -0.15) is 0 Å². The molecule has 0 saturated heterocycles. The zero-order valence-corrected chi connectivity index (χ0v) is 12.3. The number of nitrogens with zero attached hydrogens (tertiary/aromatic N) is 1. The Morgan fingerprint density at radius 1 is 1.10 bits per heavy atom. The molecule has 0 spiro atoms. The first kappa shape index (κ1) is 14.5. The second-order valence-corrected chi connectivity index (χ2v) is 5.29. The van der Waals surface area contributed by atoms with Crippen LogP contribution in [0.1, 0.15) is 33.9 Å². The van der Waals surface area contributed by atoms with Crippen LogP contribution in [0.2, 0.25) is 0 Å². The Kier molecular flexibility index (Phi) is 4.74. The zero-order valence-electron chi connectivity index (χ0n) is 12.3. The number of benzene rings is 1. The van der Waals surface area contributed by atoms with Crippen LogP contribution in [0.4, 0.5) is 0 Å². The minimum atomic E-state index is 0.187. The fourth-order valence-electron chi connectivity index (χ4n) is 2.09. The first-order valence-corrected chi connectivity index (χ1v) is 6.88. The van der Waals surface area contributed by atoms with Crippen molar-refractivity contribution >= 4 is 5.78 Å². The van der Waals surface area contributed by atoms with Crippen molar-refractivity contribution in [1.29, 1.82) is 0 Å². The van der Waals surface area contributed by atoms with E-state index in [1.54, 1.807) is 0 Å². The summed E-state index contributed by atoms with van der Waals surface area (Å²) in [6.45, 7) is 5.42. The summed E-state index contributed by atoms with van der Waals surface area (Å²) in [6.07, 6.45) is 0.527. The molecule has 3 nitrogen and oxygen atoms in total. The molecule has 106 valence electrons. The fourth-order valence-corrected chi connectivity index (χ4v) is 2.09. The number of aryl methyl sites for hydroxylation is 2. The van der Waals surface area contributed by atoms with Gasteiger partial charge in [-0.05, 0) is 33.0 Å². The van der Waals surface area contributed by atoms with Crippen LogP contribution in [-0.2, 0) is 6.54 Å². The van der Waals surface area contributed by atoms with E-state index in [9.17, 15) is 4.79 Å². The minimum Gasteiger partial charge on any atom is -0.465 e. The highest BCUT2D eigenvalue weighted by Gasteiger charge is 2.09. The molecule has 0 bridgehead atoms. The minimum absolute atomic E-state index is 0.187. The summed E-state index contributed by atoms with van der Waals surface area (Å²) in [5.74, 6) is 2.05. The highest BCUT2D eigenvalue weighted by molar-refractivity contribution is 5.96. The van der Waals surface area contributed by atoms with Crippen molar-refractivity contribution in [2.24, 2.45) is 0 Å². The SMILES string of the molecule is Cc1ccc(C(=O)CCN(C)Cc2ccc(C)o2)cc1. The van der Waals surface area contributed by atoms with Crippen LogP contribution in [0.5, 0.6) is 0 Å². The van der Waals surface area contributed by atoms with E-state index < -0.39 is 0 Å². The first-order chi connectivity index (χ1) is 9.54. The summed E-state index contributed by atoms with van der Waals surface area (Å²) in [5, 5.41) is 0. The Bertz CT molecular complexity index is 569. The van der Waals surface area contributed by atoms with E-state index in [1.807, 2.05) is 57.3 Å². The Hall–Kier alpha value is -1.87. The molecule has 2 aromatic rings. The molecule has 0 saturated carbocycles. The Balaban J connectivity index is 1.82. The number of Topliss-reactive ketones (excluding diaryl/α,β-unsaturated/α-hetero) is 1. The highest BCUT2D eigenvalue weighted by Crippen LogP contribution is 2.10. The zero-order chi connectivity index (χ0) is 14.5. The van der Waals surface area contributed by atoms with Crippen LogP contribution in [0.25, 0.3) is 0 Å². The Morgan fingerprint density at radius 2 is 1.80 bits per heavy atom. The third-order valence-electron chi connectivity index (χ3n) is 3.32. The predicted octanol–water partition coefficient (Wildman–Crippen LogP) is 3.60. The normalized spacial score (nSPS) is 11.0. The van der Waals surface area contributed by atoms with E-state index in [-0.39, 0.29) is 5.78 Å². The molecule has 0 aliphatic heterocycles. The van der Waals surface area contributed by atoms with E-state index in [2.05, 4.69) is 4.90 Å². The largest absolute Gasteiger partial charge is 0.465 e. The quantitative estimate of drug-likeness (QED) is 0.753. The second-order valence-electron chi connectivity index (χ2n) is 5.29. The standard InChI is InChI=1S/C17H21NO2/c1-13-4-7-15(8-5-13)17(19)10-11-18(3)12-16-9-6-14(2)20-16/h4-9H,10-12H2,1-3H3. The smallest absolute Gasteiger partial charge is 0.164 e. The molecule has 20 heavy (non-hydrogen) atoms. The molecule has 0 aliphatic rings. The molecular formula is C17H21NO2. The van der Waals surface area contributed by atoms with Crippen LogP contribution < -0.4 is 0 Å². The lowest BCUT2D eigenvalue weighted by atomic mass is 10.1. The molecule has 1 heterocycles. The van der Waals surface area contributed by atoms with Gasteiger partial charge in [0.25, 0.3) is 0 Å². The maximum absolute atomic E-state index is 12.1. The Labute approximate surface area is 120 Å². The lowest BCUT2D eigenvalue weighted by Gasteiger charge is -2.14. The average Bonchev–Trinajstić information content (AvgIpc) is 2.82. The van der Waals surface area contributed by atoms with Crippen molar-refractivity contribution in [1.82, 2.24) is 4.90 Å². The molecule has 0 amide bonds. The predicted molar refractivity (Wildman–Crippen MR) is 79.9 cm³/mol. The van der Waals surface area contributed by atoms with Gasteiger partial charge in [0, 0.05) is 18.5 Å². The number of hydrogen-bond acceptors (Lipinski definition) is 3. The van der Waals surface area contributed by atoms with Gasteiger partial charge < -0.3 is 4.42 Å². The van der Waals surface area contributed by atoms with Crippen molar-refractivity contribution in [3.05, 3.63) is 59.0 Å². The van der Waals surface area contributed by atoms with E-state index in [4.69, 9.17) is 4.42 Å². The van der Waals surface area contributed by atoms with Crippen LogP contribution in [0.15, 0.2) is 40.8 Å². The monoisotopic (exact) mass is 271 g/mol. The van der Waals surface area contributed by atoms with Gasteiger partial charge in [-0.1, -0.05) is 29.8 Å². The number of hydrogen-bond donors (Lipinski definition) is 0. The van der Waals surface area contributed by atoms with E-state index in [1.165, 1.54) is 5.56 Å². The van der Waals surface area contributed by atoms with Crippen LogP contribution in [0, 0.1) is 13.8 Å². The van der Waals surface area contributed by atoms with Crippen molar-refractivity contribution in [2.75, 3.05) is 13.6 Å². The lowest BCUT2D eigenvalue weighted by molar-refractivity contribution is 0.0966. The summed E-state index contributed by atoms with van der Waals surface area (Å²) in [6, 6.07) is 11.7. The summed E-state index contributed by atoms with van der Waals surface area (Å²) >= 11 is 0. The molecule has 0 atom stereocenters. The molecule has 1 aromatic heterocycles. The molecule has 3 heteroatoms. The van der Waals surface area contributed by atoms with Gasteiger partial charge in [-0.3, -0.25) is 9.69 Å². The van der Waals surface area contributed by atoms with Crippen molar-refractivity contribution < 1.29 is 9.21 Å². The molecule has 0 radical (unpaired) electrons. The molecular weight excluding hydrogens is 250 g/mol. The van der Waals surface area contributed by atoms with Gasteiger partial charge in [-0.25, -0.2) is 0 Å². The fraction of sp³-hybridized carbons (Fsp3) is 0.353. The van der Waals surface area contributed by atoms with Crippen LogP contribution in [0.3, 0.4) is 0 Å². The summed E-state index contributed by atoms with van der Waals surface area (Å²) in [5.41, 5.74) is 1.96. The molecule has 0 N–H and O–H groups in total. The lowest BCUT2D eigenvalue weighted by Crippen LogP contribution is -2.21. The summed E-state index contributed by atoms with van der Waals surface area (Å²) in [7, 11) is 2.00. The maximum Gasteiger partial charge on any atom is 0.164 e. The third-order valence-corrected chi connectivity index (χ3v) is 3.32. The maximum atomic E-state index is 12.1. The third kappa shape index (κ3) is 4.07. The molecule has 1 aromatic carbocycles. The van der Waals surface area contributed by atoms with Crippen molar-refractivity contribution in [3.8, 4) is 0 Å². The van der Waals surface area contributed by atoms with E-state index in [0.29, 0.717) is 6.42 Å². The molecule has 0 fully saturated rings. The molecule has 2 rings (SSSR count). The van der Waals surface area contributed by atoms with E-state index in [0.717, 1.165) is 30.2 Å². The average molecular weight is 271 g/mol. The van der Waals surface area contributed by atoms with Crippen LogP contribution in [-0.4, -0.2) is 24.3 Å². The number of rotatable bonds is 6. The van der Waals surface area contributed by atoms with E-state index >= 15 is 0 Å². The van der Waals surface area contributed by atoms with Crippen molar-refractivity contribution in [2.45, 2.75) is 26.8 Å². The number of carbonyl (C=O) groups is 1. The van der Waals surface area contributed by atoms with Gasteiger partial charge in [0.05, 0.1) is 6.54 Å². The Morgan fingerprint density at radius 3 is 2.40 bits per heavy atom. The van der Waals surface area contributed by atoms with Gasteiger partial charge in [0.2, 0.25) is 0 Å². The highest BCUT2D eigenvalue weighted by atomic mass is 16.3. The van der Waals surface area contributed by atoms with Crippen molar-refractivity contribution in [3.63, 3.8) is 0 Å². The summed E-state index contributed by atoms with van der Waals surface area (Å²) in [4.78, 5) is 14.2. The number of furan rings is 1. The van der Waals surface area contributed by atoms with Crippen LogP contribution >= 0.6 is 0 Å². The number of carbonyl (C=O) groups excluding carboxylic acids is 1. The first-order valence-electron chi connectivity index (χ1n) is 6.88. The van der Waals surface area contributed by atoms with Gasteiger partial charge in [0.1, 0.15) is 11.5 Å². The molecule has 0 aliphatic carbocycles. The van der Waals surface area contributed by atoms with Gasteiger partial charge in [-0.15, -0.1) is 0 Å².